The van der Waals surface area contributed by atoms with Crippen LogP contribution in [-0.2, 0) is 11.3 Å². The van der Waals surface area contributed by atoms with Crippen LogP contribution in [0, 0.1) is 13.8 Å². The molecule has 2 amide bonds. The second kappa shape index (κ2) is 7.16. The number of anilines is 1. The van der Waals surface area contributed by atoms with Crippen molar-refractivity contribution in [3.05, 3.63) is 51.5 Å². The fourth-order valence-electron chi connectivity index (χ4n) is 5.00. The van der Waals surface area contributed by atoms with Gasteiger partial charge in [0.05, 0.1) is 12.7 Å². The molecule has 33 heavy (non-hydrogen) atoms. The number of aliphatic hydroxyl groups excluding tert-OH is 2. The molecule has 0 bridgehead atoms. The minimum absolute atomic E-state index is 0.197. The first-order valence-corrected chi connectivity index (χ1v) is 10.8. The number of benzene rings is 1. The highest BCUT2D eigenvalue weighted by Gasteiger charge is 2.44. The predicted octanol–water partition coefficient (Wildman–Crippen LogP) is 1.81. The van der Waals surface area contributed by atoms with Gasteiger partial charge in [-0.15, -0.1) is 0 Å². The minimum Gasteiger partial charge on any atom is -0.439 e. The first kappa shape index (κ1) is 20.4. The lowest BCUT2D eigenvalue weighted by Crippen LogP contribution is -2.58. The van der Waals surface area contributed by atoms with E-state index in [2.05, 4.69) is 5.32 Å². The Kier molecular flexibility index (Phi) is 4.43. The molecule has 172 valence electrons. The summed E-state index contributed by atoms with van der Waals surface area (Å²) < 4.78 is 17.4. The van der Waals surface area contributed by atoms with Gasteiger partial charge in [0.1, 0.15) is 29.7 Å². The number of nitrogens with zero attached hydrogens (tertiary/aromatic N) is 2. The Bertz CT molecular complexity index is 1390. The van der Waals surface area contributed by atoms with Crippen LogP contribution in [0.3, 0.4) is 0 Å². The van der Waals surface area contributed by atoms with Gasteiger partial charge in [-0.2, -0.15) is 0 Å². The molecule has 0 aliphatic carbocycles. The Morgan fingerprint density at radius 1 is 1.15 bits per heavy atom. The summed E-state index contributed by atoms with van der Waals surface area (Å²) in [4.78, 5) is 28.4. The van der Waals surface area contributed by atoms with Crippen LogP contribution in [0.25, 0.3) is 21.9 Å². The van der Waals surface area contributed by atoms with E-state index in [9.17, 15) is 19.8 Å². The molecule has 10 nitrogen and oxygen atoms in total. The lowest BCUT2D eigenvalue weighted by Gasteiger charge is -2.40. The van der Waals surface area contributed by atoms with Gasteiger partial charge in [0.2, 0.25) is 5.88 Å². The highest BCUT2D eigenvalue weighted by atomic mass is 16.5. The number of nitrogens with one attached hydrogen (secondary N) is 1. The minimum atomic E-state index is -0.854. The second-order valence-corrected chi connectivity index (χ2v) is 8.73. The Morgan fingerprint density at radius 3 is 2.70 bits per heavy atom. The number of hydrogen-bond donors (Lipinski definition) is 3. The van der Waals surface area contributed by atoms with E-state index in [1.54, 1.807) is 6.20 Å². The molecular formula is C23H23N3O7. The Balaban J connectivity index is 1.46. The number of amides is 2. The molecule has 1 aromatic carbocycles. The summed E-state index contributed by atoms with van der Waals surface area (Å²) in [6.45, 7) is 3.86. The number of fused-ring (bicyclic) bond motifs is 6. The van der Waals surface area contributed by atoms with Gasteiger partial charge in [-0.25, -0.2) is 14.5 Å². The molecule has 1 unspecified atom stereocenters. The first-order valence-electron chi connectivity index (χ1n) is 10.8. The maximum absolute atomic E-state index is 13.5. The molecule has 2 aromatic heterocycles. The molecule has 10 heteroatoms. The van der Waals surface area contributed by atoms with Gasteiger partial charge < -0.3 is 23.8 Å². The monoisotopic (exact) mass is 453 g/mol. The zero-order valence-corrected chi connectivity index (χ0v) is 18.1. The maximum Gasteiger partial charge on any atom is 0.336 e. The summed E-state index contributed by atoms with van der Waals surface area (Å²) in [5.41, 5.74) is 2.94. The maximum atomic E-state index is 13.5. The van der Waals surface area contributed by atoms with Crippen molar-refractivity contribution in [1.82, 2.24) is 10.2 Å². The van der Waals surface area contributed by atoms with Crippen LogP contribution >= 0.6 is 0 Å². The number of rotatable bonds is 2. The summed E-state index contributed by atoms with van der Waals surface area (Å²) in [7, 11) is 0. The van der Waals surface area contributed by atoms with E-state index >= 15 is 0 Å². The summed E-state index contributed by atoms with van der Waals surface area (Å²) in [6, 6.07) is 3.03. The van der Waals surface area contributed by atoms with Crippen molar-refractivity contribution in [1.29, 1.82) is 0 Å². The van der Waals surface area contributed by atoms with Crippen LogP contribution in [0.2, 0.25) is 0 Å². The van der Waals surface area contributed by atoms with E-state index in [4.69, 9.17) is 13.6 Å². The van der Waals surface area contributed by atoms with Crippen LogP contribution in [-0.4, -0.2) is 52.4 Å². The normalized spacial score (nSPS) is 27.0. The average molecular weight is 453 g/mol. The third-order valence-corrected chi connectivity index (χ3v) is 6.74. The third kappa shape index (κ3) is 2.88. The van der Waals surface area contributed by atoms with Crippen LogP contribution in [0.1, 0.15) is 23.1 Å². The summed E-state index contributed by atoms with van der Waals surface area (Å²) in [6.07, 6.45) is 0.971. The number of aryl methyl sites for hydroxylation is 2. The van der Waals surface area contributed by atoms with E-state index in [1.807, 2.05) is 26.0 Å². The summed E-state index contributed by atoms with van der Waals surface area (Å²) in [5.74, 6) is 0.420. The van der Waals surface area contributed by atoms with Crippen molar-refractivity contribution in [2.75, 3.05) is 11.5 Å². The van der Waals surface area contributed by atoms with Crippen molar-refractivity contribution in [3.8, 4) is 0 Å². The molecule has 1 fully saturated rings. The number of carbonyl (C=O) groups is 1. The van der Waals surface area contributed by atoms with Gasteiger partial charge in [-0.3, -0.25) is 10.2 Å². The molecule has 1 saturated heterocycles. The standard InChI is InChI=1S/C23H23N3O7/c1-10-5-19(29)32-20-11(2)21-13(6-12(10)20)14-8-24-17-3-4-25(23(30)26(17)22(14)33-21)18-7-15(28)16(9-27)31-18/h3-6,15-18,24,27-28H,7-9H2,1-2H3/t15-,16+,17?,18+/m0/s1. The molecule has 3 N–H and O–H groups in total. The van der Waals surface area contributed by atoms with Crippen LogP contribution in [0.15, 0.2) is 38.0 Å². The highest BCUT2D eigenvalue weighted by molar-refractivity contribution is 6.04. The van der Waals surface area contributed by atoms with Gasteiger partial charge >= 0.3 is 11.7 Å². The Morgan fingerprint density at radius 2 is 1.94 bits per heavy atom. The molecule has 3 aliphatic heterocycles. The van der Waals surface area contributed by atoms with Crippen molar-refractivity contribution >= 4 is 33.9 Å². The van der Waals surface area contributed by atoms with E-state index in [-0.39, 0.29) is 19.1 Å². The molecule has 0 saturated carbocycles. The van der Waals surface area contributed by atoms with Gasteiger partial charge in [-0.05, 0) is 31.6 Å². The summed E-state index contributed by atoms with van der Waals surface area (Å²) >= 11 is 0. The largest absolute Gasteiger partial charge is 0.439 e. The van der Waals surface area contributed by atoms with Crippen molar-refractivity contribution in [3.63, 3.8) is 0 Å². The average Bonchev–Trinajstić information content (AvgIpc) is 3.35. The van der Waals surface area contributed by atoms with Gasteiger partial charge in [-0.1, -0.05) is 0 Å². The number of urea groups is 1. The number of carbonyl (C=O) groups excluding carboxylic acids is 1. The first-order chi connectivity index (χ1) is 15.9. The lowest BCUT2D eigenvalue weighted by molar-refractivity contribution is -0.0536. The molecule has 6 rings (SSSR count). The molecule has 3 aliphatic rings. The number of aliphatic hydroxyl groups is 2. The highest BCUT2D eigenvalue weighted by Crippen LogP contribution is 2.42. The SMILES string of the molecule is Cc1cc(=O)oc2c(C)c3oc4c(c3cc12)CNC1C=CN([C@H]2C[C@H](O)[C@@H](CO)O2)C(=O)N41. The number of furan rings is 1. The topological polar surface area (TPSA) is 129 Å². The van der Waals surface area contributed by atoms with Gasteiger partial charge in [0.15, 0.2) is 0 Å². The molecule has 0 radical (unpaired) electrons. The molecule has 5 heterocycles. The Labute approximate surface area is 187 Å². The van der Waals surface area contributed by atoms with E-state index in [1.165, 1.54) is 15.9 Å². The molecular weight excluding hydrogens is 430 g/mol. The van der Waals surface area contributed by atoms with Crippen molar-refractivity contribution < 1.29 is 28.6 Å². The van der Waals surface area contributed by atoms with Crippen LogP contribution in [0.5, 0.6) is 0 Å². The molecule has 4 atom stereocenters. The van der Waals surface area contributed by atoms with Crippen LogP contribution in [0.4, 0.5) is 10.7 Å². The predicted molar refractivity (Wildman–Crippen MR) is 118 cm³/mol. The lowest BCUT2D eigenvalue weighted by atomic mass is 10.0. The fraction of sp³-hybridized carbons (Fsp3) is 0.391. The smallest absolute Gasteiger partial charge is 0.336 e. The van der Waals surface area contributed by atoms with E-state index in [0.717, 1.165) is 21.9 Å². The second-order valence-electron chi connectivity index (χ2n) is 8.73. The zero-order valence-electron chi connectivity index (χ0n) is 18.1. The van der Waals surface area contributed by atoms with Gasteiger partial charge in [0.25, 0.3) is 0 Å². The van der Waals surface area contributed by atoms with E-state index < -0.39 is 30.2 Å². The van der Waals surface area contributed by atoms with E-state index in [0.29, 0.717) is 29.2 Å². The third-order valence-electron chi connectivity index (χ3n) is 6.74. The van der Waals surface area contributed by atoms with Crippen molar-refractivity contribution in [2.45, 2.75) is 51.4 Å². The fourth-order valence-corrected chi connectivity index (χ4v) is 5.00. The number of ether oxygens (including phenoxy) is 1. The van der Waals surface area contributed by atoms with Gasteiger partial charge in [0, 0.05) is 47.1 Å². The molecule has 3 aromatic rings. The Hall–Kier alpha value is -3.18. The number of hydrogen-bond acceptors (Lipinski definition) is 8. The zero-order chi connectivity index (χ0) is 23.0. The summed E-state index contributed by atoms with van der Waals surface area (Å²) in [5, 5.41) is 24.5. The quantitative estimate of drug-likeness (QED) is 0.501. The van der Waals surface area contributed by atoms with Crippen molar-refractivity contribution in [2.24, 2.45) is 0 Å². The molecule has 0 spiro atoms. The van der Waals surface area contributed by atoms with Crippen LogP contribution < -0.4 is 15.8 Å².